The van der Waals surface area contributed by atoms with Crippen LogP contribution in [0.25, 0.3) is 0 Å². The van der Waals surface area contributed by atoms with E-state index < -0.39 is 0 Å². The van der Waals surface area contributed by atoms with E-state index in [4.69, 9.17) is 69.6 Å². The molecule has 0 unspecified atom stereocenters. The SMILES string of the molecule is O=C1c2ccccc2C(=O)c2c(Nc3cc(Cl)c(Cl)cc3Cl)ccc(Nc3cc(Cl)c(Cl)cc3Cl)c21. The van der Waals surface area contributed by atoms with E-state index in [1.54, 1.807) is 48.5 Å². The summed E-state index contributed by atoms with van der Waals surface area (Å²) in [6.45, 7) is 0. The van der Waals surface area contributed by atoms with Crippen molar-refractivity contribution in [2.75, 3.05) is 10.6 Å². The highest BCUT2D eigenvalue weighted by Crippen LogP contribution is 2.42. The van der Waals surface area contributed by atoms with E-state index in [2.05, 4.69) is 10.6 Å². The Hall–Kier alpha value is -2.44. The van der Waals surface area contributed by atoms with Crippen LogP contribution in [0.1, 0.15) is 31.8 Å². The Morgan fingerprint density at radius 2 is 0.806 bits per heavy atom. The summed E-state index contributed by atoms with van der Waals surface area (Å²) in [6, 6.07) is 16.0. The van der Waals surface area contributed by atoms with Crippen molar-refractivity contribution < 1.29 is 9.59 Å². The van der Waals surface area contributed by atoms with Gasteiger partial charge in [-0.15, -0.1) is 0 Å². The predicted octanol–water partition coefficient (Wildman–Crippen LogP) is 9.87. The van der Waals surface area contributed by atoms with E-state index in [-0.39, 0.29) is 52.8 Å². The van der Waals surface area contributed by atoms with Gasteiger partial charge in [0.25, 0.3) is 0 Å². The van der Waals surface area contributed by atoms with Gasteiger partial charge >= 0.3 is 0 Å². The van der Waals surface area contributed by atoms with Crippen molar-refractivity contribution in [3.8, 4) is 0 Å². The van der Waals surface area contributed by atoms with Gasteiger partial charge < -0.3 is 10.6 Å². The second-order valence-corrected chi connectivity index (χ2v) is 10.3. The minimum Gasteiger partial charge on any atom is -0.354 e. The average molecular weight is 597 g/mol. The lowest BCUT2D eigenvalue weighted by Crippen LogP contribution is -2.23. The van der Waals surface area contributed by atoms with Gasteiger partial charge in [-0.1, -0.05) is 93.9 Å². The number of ketones is 2. The summed E-state index contributed by atoms with van der Waals surface area (Å²) in [7, 11) is 0. The lowest BCUT2D eigenvalue weighted by molar-refractivity contribution is 0.0980. The van der Waals surface area contributed by atoms with E-state index >= 15 is 0 Å². The third-order valence-corrected chi connectivity index (χ3v) is 7.70. The topological polar surface area (TPSA) is 58.2 Å². The summed E-state index contributed by atoms with van der Waals surface area (Å²) in [6.07, 6.45) is 0. The maximum atomic E-state index is 13.7. The number of anilines is 4. The first kappa shape index (κ1) is 25.2. The summed E-state index contributed by atoms with van der Waals surface area (Å²) < 4.78 is 0. The number of hydrogen-bond donors (Lipinski definition) is 2. The molecule has 0 saturated heterocycles. The molecule has 180 valence electrons. The van der Waals surface area contributed by atoms with Crippen LogP contribution in [0, 0.1) is 0 Å². The van der Waals surface area contributed by atoms with Crippen LogP contribution in [0.5, 0.6) is 0 Å². The molecule has 0 atom stereocenters. The summed E-state index contributed by atoms with van der Waals surface area (Å²) in [5, 5.41) is 7.96. The Kier molecular flexibility index (Phi) is 6.86. The van der Waals surface area contributed by atoms with Gasteiger partial charge in [0.1, 0.15) is 0 Å². The van der Waals surface area contributed by atoms with Crippen molar-refractivity contribution in [1.29, 1.82) is 0 Å². The molecule has 0 spiro atoms. The number of benzene rings is 4. The normalized spacial score (nSPS) is 12.3. The number of fused-ring (bicyclic) bond motifs is 2. The number of hydrogen-bond acceptors (Lipinski definition) is 4. The number of carbonyl (C=O) groups excluding carboxylic acids is 2. The van der Waals surface area contributed by atoms with Gasteiger partial charge in [0.2, 0.25) is 0 Å². The van der Waals surface area contributed by atoms with Crippen LogP contribution < -0.4 is 10.6 Å². The number of rotatable bonds is 4. The van der Waals surface area contributed by atoms with Crippen LogP contribution in [0.3, 0.4) is 0 Å². The minimum absolute atomic E-state index is 0.169. The molecule has 0 bridgehead atoms. The molecule has 4 nitrogen and oxygen atoms in total. The second-order valence-electron chi connectivity index (χ2n) is 7.86. The molecule has 4 aromatic carbocycles. The lowest BCUT2D eigenvalue weighted by Gasteiger charge is -2.24. The lowest BCUT2D eigenvalue weighted by atomic mass is 9.82. The van der Waals surface area contributed by atoms with Gasteiger partial charge in [-0.3, -0.25) is 9.59 Å². The predicted molar refractivity (Wildman–Crippen MR) is 149 cm³/mol. The van der Waals surface area contributed by atoms with E-state index in [1.165, 1.54) is 12.1 Å². The molecule has 0 saturated carbocycles. The Morgan fingerprint density at radius 3 is 1.19 bits per heavy atom. The molecule has 10 heteroatoms. The minimum atomic E-state index is -0.331. The summed E-state index contributed by atoms with van der Waals surface area (Å²) in [5.74, 6) is -0.662. The molecular formula is C26H12Cl6N2O2. The van der Waals surface area contributed by atoms with Gasteiger partial charge in [-0.05, 0) is 36.4 Å². The maximum absolute atomic E-state index is 13.7. The van der Waals surface area contributed by atoms with Crippen molar-refractivity contribution in [1.82, 2.24) is 0 Å². The van der Waals surface area contributed by atoms with Gasteiger partial charge in [-0.25, -0.2) is 0 Å². The molecule has 0 fully saturated rings. The molecule has 0 amide bonds. The zero-order valence-electron chi connectivity index (χ0n) is 17.9. The van der Waals surface area contributed by atoms with Gasteiger partial charge in [-0.2, -0.15) is 0 Å². The summed E-state index contributed by atoms with van der Waals surface area (Å²) in [4.78, 5) is 27.4. The standard InChI is InChI=1S/C26H12Cl6N2O2/c27-13-7-17(31)21(9-15(13)29)33-19-5-6-20(34-22-10-16(30)14(28)8-18(22)32)24-23(19)25(35)11-3-1-2-4-12(11)26(24)36/h1-10,33-34H. The average Bonchev–Trinajstić information content (AvgIpc) is 2.85. The van der Waals surface area contributed by atoms with Crippen LogP contribution >= 0.6 is 69.6 Å². The van der Waals surface area contributed by atoms with Gasteiger partial charge in [0.05, 0.1) is 64.0 Å². The Morgan fingerprint density at radius 1 is 0.444 bits per heavy atom. The molecule has 0 aliphatic heterocycles. The number of carbonyl (C=O) groups is 2. The van der Waals surface area contributed by atoms with Crippen molar-refractivity contribution >= 4 is 104 Å². The molecule has 1 aliphatic carbocycles. The van der Waals surface area contributed by atoms with Crippen molar-refractivity contribution in [2.24, 2.45) is 0 Å². The van der Waals surface area contributed by atoms with Crippen molar-refractivity contribution in [3.63, 3.8) is 0 Å². The summed E-state index contributed by atoms with van der Waals surface area (Å²) >= 11 is 37.2. The highest BCUT2D eigenvalue weighted by Gasteiger charge is 2.34. The Balaban J connectivity index is 1.69. The largest absolute Gasteiger partial charge is 0.354 e. The van der Waals surface area contributed by atoms with Gasteiger partial charge in [0, 0.05) is 11.1 Å². The van der Waals surface area contributed by atoms with Gasteiger partial charge in [0.15, 0.2) is 11.6 Å². The zero-order valence-corrected chi connectivity index (χ0v) is 22.4. The third-order valence-electron chi connectivity index (χ3n) is 5.63. The van der Waals surface area contributed by atoms with Crippen LogP contribution in [-0.2, 0) is 0 Å². The molecule has 36 heavy (non-hydrogen) atoms. The fourth-order valence-corrected chi connectivity index (χ4v) is 5.15. The highest BCUT2D eigenvalue weighted by atomic mass is 35.5. The first-order chi connectivity index (χ1) is 17.2. The molecular weight excluding hydrogens is 585 g/mol. The maximum Gasteiger partial charge on any atom is 0.196 e. The van der Waals surface area contributed by atoms with Crippen LogP contribution in [0.15, 0.2) is 60.7 Å². The third kappa shape index (κ3) is 4.43. The van der Waals surface area contributed by atoms with Crippen LogP contribution in [-0.4, -0.2) is 11.6 Å². The van der Waals surface area contributed by atoms with E-state index in [1.807, 2.05) is 0 Å². The van der Waals surface area contributed by atoms with Crippen LogP contribution in [0.2, 0.25) is 30.1 Å². The number of halogens is 6. The first-order valence-corrected chi connectivity index (χ1v) is 12.6. The quantitative estimate of drug-likeness (QED) is 0.203. The second kappa shape index (κ2) is 9.79. The van der Waals surface area contributed by atoms with E-state index in [0.717, 1.165) is 0 Å². The fraction of sp³-hybridized carbons (Fsp3) is 0. The monoisotopic (exact) mass is 594 g/mol. The molecule has 5 rings (SSSR count). The highest BCUT2D eigenvalue weighted by molar-refractivity contribution is 6.45. The molecule has 0 heterocycles. The van der Waals surface area contributed by atoms with Crippen molar-refractivity contribution in [2.45, 2.75) is 0 Å². The summed E-state index contributed by atoms with van der Waals surface area (Å²) in [5.41, 5.74) is 2.49. The van der Waals surface area contributed by atoms with E-state index in [9.17, 15) is 9.59 Å². The smallest absolute Gasteiger partial charge is 0.196 e. The van der Waals surface area contributed by atoms with Crippen molar-refractivity contribution in [3.05, 3.63) is 113 Å². The zero-order chi connectivity index (χ0) is 25.7. The Bertz CT molecular complexity index is 1480. The number of nitrogens with one attached hydrogen (secondary N) is 2. The van der Waals surface area contributed by atoms with Crippen LogP contribution in [0.4, 0.5) is 22.7 Å². The molecule has 1 aliphatic rings. The Labute approximate surface area is 236 Å². The first-order valence-electron chi connectivity index (χ1n) is 10.3. The van der Waals surface area contributed by atoms with E-state index in [0.29, 0.717) is 33.9 Å². The molecule has 0 aromatic heterocycles. The fourth-order valence-electron chi connectivity index (χ4n) is 3.96. The molecule has 2 N–H and O–H groups in total. The molecule has 4 aromatic rings. The molecule has 0 radical (unpaired) electrons.